The first kappa shape index (κ1) is 14.1. The average Bonchev–Trinajstić information content (AvgIpc) is 2.39. The Morgan fingerprint density at radius 3 is 2.06 bits per heavy atom. The van der Waals surface area contributed by atoms with Gasteiger partial charge in [0.15, 0.2) is 0 Å². The highest BCUT2D eigenvalue weighted by molar-refractivity contribution is 4.97. The molecule has 0 aromatic carbocycles. The maximum absolute atomic E-state index is 12.7. The van der Waals surface area contributed by atoms with Crippen LogP contribution in [0.15, 0.2) is 0 Å². The van der Waals surface area contributed by atoms with Crippen LogP contribution in [0.3, 0.4) is 0 Å². The molecule has 0 aromatic heterocycles. The predicted molar refractivity (Wildman–Crippen MR) is 65.2 cm³/mol. The Labute approximate surface area is 107 Å². The zero-order valence-corrected chi connectivity index (χ0v) is 10.8. The Morgan fingerprint density at radius 1 is 1.06 bits per heavy atom. The van der Waals surface area contributed by atoms with Gasteiger partial charge in [-0.05, 0) is 51.6 Å². The van der Waals surface area contributed by atoms with Crippen LogP contribution < -0.4 is 5.73 Å². The van der Waals surface area contributed by atoms with Gasteiger partial charge >= 0.3 is 6.18 Å². The first-order valence-electron chi connectivity index (χ1n) is 7.00. The molecular formula is C13H23F3N2. The minimum absolute atomic E-state index is 0.151. The Balaban J connectivity index is 1.99. The Morgan fingerprint density at radius 2 is 1.61 bits per heavy atom. The Hall–Kier alpha value is -0.290. The van der Waals surface area contributed by atoms with Crippen LogP contribution in [0, 0.1) is 5.92 Å². The number of rotatable bonds is 2. The molecule has 1 heterocycles. The van der Waals surface area contributed by atoms with Crippen LogP contribution in [0.4, 0.5) is 13.2 Å². The molecule has 0 spiro atoms. The number of nitrogens with two attached hydrogens (primary N) is 1. The zero-order chi connectivity index (χ0) is 13.2. The summed E-state index contributed by atoms with van der Waals surface area (Å²) in [6.07, 6.45) is 1.23. The highest BCUT2D eigenvalue weighted by atomic mass is 19.4. The molecule has 0 radical (unpaired) electrons. The lowest BCUT2D eigenvalue weighted by Gasteiger charge is -2.49. The molecule has 0 atom stereocenters. The number of alkyl halides is 3. The van der Waals surface area contributed by atoms with Crippen molar-refractivity contribution in [3.8, 4) is 0 Å². The lowest BCUT2D eigenvalue weighted by atomic mass is 9.74. The van der Waals surface area contributed by atoms with Gasteiger partial charge in [-0.15, -0.1) is 0 Å². The van der Waals surface area contributed by atoms with E-state index in [4.69, 9.17) is 5.73 Å². The van der Waals surface area contributed by atoms with Gasteiger partial charge in [0.05, 0.1) is 5.92 Å². The van der Waals surface area contributed by atoms with Crippen LogP contribution in [-0.4, -0.2) is 36.2 Å². The normalized spacial score (nSPS) is 35.7. The van der Waals surface area contributed by atoms with E-state index in [1.54, 1.807) is 0 Å². The molecule has 2 fully saturated rings. The van der Waals surface area contributed by atoms with Crippen molar-refractivity contribution in [3.05, 3.63) is 0 Å². The number of nitrogens with zero attached hydrogens (tertiary/aromatic N) is 1. The summed E-state index contributed by atoms with van der Waals surface area (Å²) in [5, 5.41) is 0. The van der Waals surface area contributed by atoms with Gasteiger partial charge < -0.3 is 5.73 Å². The number of hydrogen-bond donors (Lipinski definition) is 1. The summed E-state index contributed by atoms with van der Waals surface area (Å²) in [7, 11) is 0. The van der Waals surface area contributed by atoms with Gasteiger partial charge in [0.1, 0.15) is 0 Å². The number of likely N-dealkylation sites (tertiary alicyclic amines) is 1. The monoisotopic (exact) mass is 264 g/mol. The van der Waals surface area contributed by atoms with Gasteiger partial charge in [0.2, 0.25) is 0 Å². The fourth-order valence-corrected chi connectivity index (χ4v) is 3.50. The summed E-state index contributed by atoms with van der Waals surface area (Å²) in [5.74, 6) is -1.11. The van der Waals surface area contributed by atoms with Gasteiger partial charge in [-0.3, -0.25) is 4.90 Å². The number of hydrogen-bond acceptors (Lipinski definition) is 2. The van der Waals surface area contributed by atoms with E-state index in [0.29, 0.717) is 19.4 Å². The topological polar surface area (TPSA) is 29.3 Å². The van der Waals surface area contributed by atoms with Gasteiger partial charge in [0.25, 0.3) is 0 Å². The highest BCUT2D eigenvalue weighted by Crippen LogP contribution is 2.43. The first-order chi connectivity index (χ1) is 8.48. The van der Waals surface area contributed by atoms with E-state index in [9.17, 15) is 13.2 Å². The molecule has 1 aliphatic heterocycles. The summed E-state index contributed by atoms with van der Waals surface area (Å²) in [4.78, 5) is 2.36. The maximum atomic E-state index is 12.7. The Bertz CT molecular complexity index is 264. The largest absolute Gasteiger partial charge is 0.391 e. The van der Waals surface area contributed by atoms with Crippen molar-refractivity contribution in [3.63, 3.8) is 0 Å². The van der Waals surface area contributed by atoms with Gasteiger partial charge in [-0.1, -0.05) is 6.42 Å². The molecule has 2 rings (SSSR count). The third-order valence-electron chi connectivity index (χ3n) is 4.79. The molecule has 1 aliphatic carbocycles. The molecule has 2 aliphatic rings. The van der Waals surface area contributed by atoms with Crippen molar-refractivity contribution >= 4 is 0 Å². The predicted octanol–water partition coefficient (Wildman–Crippen LogP) is 2.92. The van der Waals surface area contributed by atoms with Crippen molar-refractivity contribution in [2.45, 2.75) is 56.7 Å². The Kier molecular flexibility index (Phi) is 4.22. The average molecular weight is 264 g/mol. The molecule has 1 saturated heterocycles. The fraction of sp³-hybridized carbons (Fsp3) is 1.00. The molecular weight excluding hydrogens is 241 g/mol. The fourth-order valence-electron chi connectivity index (χ4n) is 3.50. The molecule has 0 bridgehead atoms. The molecule has 18 heavy (non-hydrogen) atoms. The van der Waals surface area contributed by atoms with E-state index < -0.39 is 12.1 Å². The van der Waals surface area contributed by atoms with E-state index in [1.807, 2.05) is 0 Å². The third-order valence-corrected chi connectivity index (χ3v) is 4.79. The number of halogens is 3. The lowest BCUT2D eigenvalue weighted by Crippen LogP contribution is -2.57. The minimum atomic E-state index is -4.03. The minimum Gasteiger partial charge on any atom is -0.329 e. The van der Waals surface area contributed by atoms with Crippen LogP contribution in [0.1, 0.15) is 44.9 Å². The molecule has 5 heteroatoms. The molecule has 0 amide bonds. The highest BCUT2D eigenvalue weighted by Gasteiger charge is 2.47. The molecule has 0 unspecified atom stereocenters. The smallest absolute Gasteiger partial charge is 0.329 e. The quantitative estimate of drug-likeness (QED) is 0.831. The van der Waals surface area contributed by atoms with E-state index >= 15 is 0 Å². The molecule has 2 N–H and O–H groups in total. The molecule has 1 saturated carbocycles. The summed E-state index contributed by atoms with van der Waals surface area (Å²) < 4.78 is 38.1. The van der Waals surface area contributed by atoms with Crippen molar-refractivity contribution in [1.29, 1.82) is 0 Å². The van der Waals surface area contributed by atoms with E-state index in [2.05, 4.69) is 4.90 Å². The summed E-state index contributed by atoms with van der Waals surface area (Å²) in [6, 6.07) is 0. The van der Waals surface area contributed by atoms with Crippen LogP contribution in [0.5, 0.6) is 0 Å². The third kappa shape index (κ3) is 2.82. The van der Waals surface area contributed by atoms with E-state index in [-0.39, 0.29) is 18.4 Å². The number of piperidine rings is 1. The van der Waals surface area contributed by atoms with E-state index in [1.165, 1.54) is 6.42 Å². The standard InChI is InChI=1S/C13H23F3N2/c14-13(15,16)11-4-6-12(10-17,7-5-11)18-8-2-1-3-9-18/h11H,1-10,17H2. The van der Waals surface area contributed by atoms with Crippen LogP contribution in [0.2, 0.25) is 0 Å². The molecule has 0 aromatic rings. The maximum Gasteiger partial charge on any atom is 0.391 e. The molecule has 2 nitrogen and oxygen atoms in total. The van der Waals surface area contributed by atoms with Gasteiger partial charge in [-0.25, -0.2) is 0 Å². The summed E-state index contributed by atoms with van der Waals surface area (Å²) in [6.45, 7) is 2.51. The zero-order valence-electron chi connectivity index (χ0n) is 10.8. The second kappa shape index (κ2) is 5.37. The molecule has 106 valence electrons. The lowest BCUT2D eigenvalue weighted by molar-refractivity contribution is -0.188. The van der Waals surface area contributed by atoms with Crippen molar-refractivity contribution in [2.24, 2.45) is 11.7 Å². The van der Waals surface area contributed by atoms with Crippen LogP contribution >= 0.6 is 0 Å². The van der Waals surface area contributed by atoms with Gasteiger partial charge in [-0.2, -0.15) is 13.2 Å². The van der Waals surface area contributed by atoms with E-state index in [0.717, 1.165) is 25.9 Å². The van der Waals surface area contributed by atoms with Crippen LogP contribution in [0.25, 0.3) is 0 Å². The van der Waals surface area contributed by atoms with Crippen molar-refractivity contribution < 1.29 is 13.2 Å². The summed E-state index contributed by atoms with van der Waals surface area (Å²) >= 11 is 0. The second-order valence-electron chi connectivity index (χ2n) is 5.79. The second-order valence-corrected chi connectivity index (χ2v) is 5.79. The van der Waals surface area contributed by atoms with Crippen molar-refractivity contribution in [2.75, 3.05) is 19.6 Å². The first-order valence-corrected chi connectivity index (χ1v) is 7.00. The van der Waals surface area contributed by atoms with Crippen molar-refractivity contribution in [1.82, 2.24) is 4.90 Å². The van der Waals surface area contributed by atoms with Gasteiger partial charge in [0, 0.05) is 12.1 Å². The summed E-state index contributed by atoms with van der Waals surface area (Å²) in [5.41, 5.74) is 5.75. The SMILES string of the molecule is NCC1(N2CCCCC2)CCC(C(F)(F)F)CC1. The van der Waals surface area contributed by atoms with Crippen LogP contribution in [-0.2, 0) is 0 Å².